The first kappa shape index (κ1) is 11.5. The zero-order valence-electron chi connectivity index (χ0n) is 9.39. The van der Waals surface area contributed by atoms with E-state index in [2.05, 4.69) is 37.9 Å². The van der Waals surface area contributed by atoms with Gasteiger partial charge in [0.1, 0.15) is 12.1 Å². The number of anilines is 1. The van der Waals surface area contributed by atoms with Crippen molar-refractivity contribution >= 4 is 28.4 Å². The fourth-order valence-corrected chi connectivity index (χ4v) is 2.17. The van der Waals surface area contributed by atoms with Crippen LogP contribution >= 0.6 is 22.6 Å². The number of aromatic nitrogens is 2. The summed E-state index contributed by atoms with van der Waals surface area (Å²) >= 11 is 2.20. The highest BCUT2D eigenvalue weighted by atomic mass is 127. The topological polar surface area (TPSA) is 56.3 Å². The molecule has 2 aromatic rings. The van der Waals surface area contributed by atoms with Crippen molar-refractivity contribution in [1.82, 2.24) is 9.97 Å². The average Bonchev–Trinajstić information content (AvgIpc) is 2.85. The van der Waals surface area contributed by atoms with Gasteiger partial charge in [0.25, 0.3) is 0 Å². The molecule has 1 aromatic heterocycles. The van der Waals surface area contributed by atoms with E-state index < -0.39 is 0 Å². The third kappa shape index (κ3) is 2.33. The van der Waals surface area contributed by atoms with E-state index in [1.54, 1.807) is 6.20 Å². The highest BCUT2D eigenvalue weighted by molar-refractivity contribution is 14.1. The standard InChI is InChI=1S/C12H10IN3O2/c13-9-5-14-6-16-12(9)15-4-8-1-2-10-11(3-8)18-7-17-10/h1-3,5-6H,4,7H2,(H,14,15,16). The number of fused-ring (bicyclic) bond motifs is 1. The Labute approximate surface area is 118 Å². The predicted octanol–water partition coefficient (Wildman–Crippen LogP) is 2.42. The monoisotopic (exact) mass is 355 g/mol. The second kappa shape index (κ2) is 4.97. The molecule has 3 rings (SSSR count). The van der Waals surface area contributed by atoms with Crippen LogP contribution in [0.15, 0.2) is 30.7 Å². The Balaban J connectivity index is 1.72. The van der Waals surface area contributed by atoms with Crippen LogP contribution in [0.2, 0.25) is 0 Å². The van der Waals surface area contributed by atoms with E-state index in [0.717, 1.165) is 26.5 Å². The number of nitrogens with zero attached hydrogens (tertiary/aromatic N) is 2. The molecule has 1 aliphatic rings. The van der Waals surface area contributed by atoms with Gasteiger partial charge in [-0.3, -0.25) is 0 Å². The van der Waals surface area contributed by atoms with E-state index >= 15 is 0 Å². The molecule has 0 unspecified atom stereocenters. The molecule has 0 amide bonds. The maximum absolute atomic E-state index is 5.34. The summed E-state index contributed by atoms with van der Waals surface area (Å²) in [5.74, 6) is 2.44. The van der Waals surface area contributed by atoms with Gasteiger partial charge in [0.05, 0.1) is 3.57 Å². The molecule has 0 spiro atoms. The van der Waals surface area contributed by atoms with E-state index in [1.807, 2.05) is 18.2 Å². The summed E-state index contributed by atoms with van der Waals surface area (Å²) in [6.45, 7) is 0.986. The summed E-state index contributed by atoms with van der Waals surface area (Å²) in [7, 11) is 0. The highest BCUT2D eigenvalue weighted by Crippen LogP contribution is 2.32. The van der Waals surface area contributed by atoms with Gasteiger partial charge < -0.3 is 14.8 Å². The molecule has 18 heavy (non-hydrogen) atoms. The van der Waals surface area contributed by atoms with Crippen LogP contribution in [0.4, 0.5) is 5.82 Å². The Kier molecular flexibility index (Phi) is 3.18. The first-order chi connectivity index (χ1) is 8.83. The van der Waals surface area contributed by atoms with Crippen molar-refractivity contribution in [3.8, 4) is 11.5 Å². The summed E-state index contributed by atoms with van der Waals surface area (Å²) in [4.78, 5) is 8.13. The van der Waals surface area contributed by atoms with E-state index in [1.165, 1.54) is 6.33 Å². The molecule has 0 radical (unpaired) electrons. The molecule has 0 saturated heterocycles. The van der Waals surface area contributed by atoms with Gasteiger partial charge in [-0.15, -0.1) is 0 Å². The highest BCUT2D eigenvalue weighted by Gasteiger charge is 2.13. The van der Waals surface area contributed by atoms with Gasteiger partial charge in [-0.05, 0) is 40.3 Å². The van der Waals surface area contributed by atoms with Crippen molar-refractivity contribution in [1.29, 1.82) is 0 Å². The normalized spacial score (nSPS) is 12.5. The maximum Gasteiger partial charge on any atom is 0.231 e. The second-order valence-electron chi connectivity index (χ2n) is 3.76. The Morgan fingerprint density at radius 3 is 3.06 bits per heavy atom. The molecule has 1 aliphatic heterocycles. The minimum atomic E-state index is 0.302. The SMILES string of the molecule is Ic1cncnc1NCc1ccc2c(c1)OCO2. The first-order valence-corrected chi connectivity index (χ1v) is 6.49. The second-order valence-corrected chi connectivity index (χ2v) is 4.92. The number of hydrogen-bond acceptors (Lipinski definition) is 5. The van der Waals surface area contributed by atoms with Crippen LogP contribution in [0.5, 0.6) is 11.5 Å². The molecule has 6 heteroatoms. The number of rotatable bonds is 3. The Bertz CT molecular complexity index is 577. The lowest BCUT2D eigenvalue weighted by Gasteiger charge is -2.07. The Hall–Kier alpha value is -1.57. The lowest BCUT2D eigenvalue weighted by molar-refractivity contribution is 0.174. The molecule has 0 fully saturated rings. The number of halogens is 1. The van der Waals surface area contributed by atoms with Crippen molar-refractivity contribution in [3.05, 3.63) is 39.9 Å². The molecule has 0 atom stereocenters. The van der Waals surface area contributed by atoms with Crippen LogP contribution in [0.1, 0.15) is 5.56 Å². The first-order valence-electron chi connectivity index (χ1n) is 5.41. The Morgan fingerprint density at radius 2 is 2.17 bits per heavy atom. The van der Waals surface area contributed by atoms with Crippen molar-refractivity contribution in [3.63, 3.8) is 0 Å². The van der Waals surface area contributed by atoms with Gasteiger partial charge in [0.2, 0.25) is 6.79 Å². The average molecular weight is 355 g/mol. The zero-order valence-corrected chi connectivity index (χ0v) is 11.5. The van der Waals surface area contributed by atoms with E-state index in [9.17, 15) is 0 Å². The van der Waals surface area contributed by atoms with Crippen molar-refractivity contribution < 1.29 is 9.47 Å². The fraction of sp³-hybridized carbons (Fsp3) is 0.167. The molecule has 5 nitrogen and oxygen atoms in total. The molecular weight excluding hydrogens is 345 g/mol. The van der Waals surface area contributed by atoms with Gasteiger partial charge in [-0.25, -0.2) is 9.97 Å². The van der Waals surface area contributed by atoms with Gasteiger partial charge >= 0.3 is 0 Å². The van der Waals surface area contributed by atoms with E-state index in [0.29, 0.717) is 13.3 Å². The molecule has 92 valence electrons. The van der Waals surface area contributed by atoms with Crippen molar-refractivity contribution in [2.75, 3.05) is 12.1 Å². The lowest BCUT2D eigenvalue weighted by atomic mass is 10.2. The third-order valence-corrected chi connectivity index (χ3v) is 3.35. The molecule has 0 aliphatic carbocycles. The third-order valence-electron chi connectivity index (χ3n) is 2.56. The molecule has 1 N–H and O–H groups in total. The van der Waals surface area contributed by atoms with Crippen LogP contribution in [0, 0.1) is 3.57 Å². The summed E-state index contributed by atoms with van der Waals surface area (Å²) in [5, 5.41) is 3.27. The molecular formula is C12H10IN3O2. The fourth-order valence-electron chi connectivity index (χ4n) is 1.68. The summed E-state index contributed by atoms with van der Waals surface area (Å²) < 4.78 is 11.6. The minimum Gasteiger partial charge on any atom is -0.454 e. The quantitative estimate of drug-likeness (QED) is 0.858. The van der Waals surface area contributed by atoms with Gasteiger partial charge in [-0.1, -0.05) is 6.07 Å². The molecule has 1 aromatic carbocycles. The number of ether oxygens (including phenoxy) is 2. The van der Waals surface area contributed by atoms with Crippen molar-refractivity contribution in [2.45, 2.75) is 6.54 Å². The number of nitrogens with one attached hydrogen (secondary N) is 1. The summed E-state index contributed by atoms with van der Waals surface area (Å²) in [6, 6.07) is 5.91. The van der Waals surface area contributed by atoms with E-state index in [-0.39, 0.29) is 0 Å². The van der Waals surface area contributed by atoms with Crippen LogP contribution < -0.4 is 14.8 Å². The largest absolute Gasteiger partial charge is 0.454 e. The number of hydrogen-bond donors (Lipinski definition) is 1. The summed E-state index contributed by atoms with van der Waals surface area (Å²) in [6.07, 6.45) is 3.31. The van der Waals surface area contributed by atoms with Gasteiger partial charge in [0.15, 0.2) is 11.5 Å². The minimum absolute atomic E-state index is 0.302. The maximum atomic E-state index is 5.34. The van der Waals surface area contributed by atoms with Crippen LogP contribution in [-0.2, 0) is 6.54 Å². The molecule has 0 bridgehead atoms. The van der Waals surface area contributed by atoms with Crippen molar-refractivity contribution in [2.24, 2.45) is 0 Å². The molecule has 2 heterocycles. The predicted molar refractivity (Wildman–Crippen MR) is 74.6 cm³/mol. The summed E-state index contributed by atoms with van der Waals surface area (Å²) in [5.41, 5.74) is 1.12. The molecule has 0 saturated carbocycles. The van der Waals surface area contributed by atoms with Gasteiger partial charge in [-0.2, -0.15) is 0 Å². The van der Waals surface area contributed by atoms with E-state index in [4.69, 9.17) is 9.47 Å². The van der Waals surface area contributed by atoms with Gasteiger partial charge in [0, 0.05) is 12.7 Å². The van der Waals surface area contributed by atoms with Crippen LogP contribution in [-0.4, -0.2) is 16.8 Å². The lowest BCUT2D eigenvalue weighted by Crippen LogP contribution is -2.03. The van der Waals surface area contributed by atoms with Crippen LogP contribution in [0.3, 0.4) is 0 Å². The zero-order chi connectivity index (χ0) is 12.4. The van der Waals surface area contributed by atoms with Crippen LogP contribution in [0.25, 0.3) is 0 Å². The Morgan fingerprint density at radius 1 is 1.28 bits per heavy atom. The smallest absolute Gasteiger partial charge is 0.231 e. The number of benzene rings is 1.